The standard InChI is InChI=1S/2C23H31N3O4/c2*1-16-20(14-21(27)30-23(2,3)4)22(18-8-6-5-7-9-18)24-25(16)15-17-10-12-19(13-11-17)26(28)29/h2*10-13,18H,5-9,14-15H2,1-4H3. The summed E-state index contributed by atoms with van der Waals surface area (Å²) in [5, 5.41) is 31.6. The number of benzene rings is 2. The second-order valence-electron chi connectivity index (χ2n) is 18.3. The van der Waals surface area contributed by atoms with E-state index in [9.17, 15) is 29.8 Å². The molecule has 2 fully saturated rings. The van der Waals surface area contributed by atoms with Gasteiger partial charge in [0, 0.05) is 58.6 Å². The monoisotopic (exact) mass is 826 g/mol. The summed E-state index contributed by atoms with van der Waals surface area (Å²) in [6, 6.07) is 13.1. The van der Waals surface area contributed by atoms with Crippen LogP contribution in [0.5, 0.6) is 0 Å². The molecule has 2 aliphatic rings. The number of nitro benzene ring substituents is 2. The zero-order valence-electron chi connectivity index (χ0n) is 36.6. The normalized spacial score (nSPS) is 15.2. The predicted molar refractivity (Wildman–Crippen MR) is 229 cm³/mol. The van der Waals surface area contributed by atoms with Gasteiger partial charge in [0.25, 0.3) is 11.4 Å². The maximum atomic E-state index is 12.6. The second kappa shape index (κ2) is 19.8. The number of non-ortho nitro benzene ring substituents is 2. The number of ether oxygens (including phenoxy) is 2. The van der Waals surface area contributed by atoms with Crippen molar-refractivity contribution in [1.82, 2.24) is 19.6 Å². The van der Waals surface area contributed by atoms with Crippen LogP contribution >= 0.6 is 0 Å². The van der Waals surface area contributed by atoms with Gasteiger partial charge in [0.2, 0.25) is 0 Å². The average molecular weight is 827 g/mol. The van der Waals surface area contributed by atoms with E-state index >= 15 is 0 Å². The Morgan fingerprint density at radius 3 is 1.20 bits per heavy atom. The first kappa shape index (κ1) is 45.7. The molecule has 14 heteroatoms. The molecular weight excluding hydrogens is 765 g/mol. The number of hydrogen-bond donors (Lipinski definition) is 0. The molecule has 0 aliphatic heterocycles. The van der Waals surface area contributed by atoms with Crippen LogP contribution in [0.25, 0.3) is 0 Å². The van der Waals surface area contributed by atoms with E-state index in [1.807, 2.05) is 64.8 Å². The van der Waals surface area contributed by atoms with Crippen molar-refractivity contribution in [2.45, 2.75) is 169 Å². The molecule has 0 saturated heterocycles. The zero-order valence-corrected chi connectivity index (χ0v) is 36.6. The Morgan fingerprint density at radius 2 is 0.917 bits per heavy atom. The van der Waals surface area contributed by atoms with Crippen molar-refractivity contribution in [3.05, 3.63) is 114 Å². The lowest BCUT2D eigenvalue weighted by molar-refractivity contribution is -0.385. The molecule has 2 saturated carbocycles. The van der Waals surface area contributed by atoms with Gasteiger partial charge < -0.3 is 9.47 Å². The van der Waals surface area contributed by atoms with Crippen LogP contribution in [-0.2, 0) is 45.0 Å². The molecule has 0 N–H and O–H groups in total. The summed E-state index contributed by atoms with van der Waals surface area (Å²) in [5.74, 6) is 0.260. The van der Waals surface area contributed by atoms with Gasteiger partial charge in [-0.15, -0.1) is 0 Å². The fourth-order valence-electron chi connectivity index (χ4n) is 8.20. The summed E-state index contributed by atoms with van der Waals surface area (Å²) < 4.78 is 15.0. The van der Waals surface area contributed by atoms with Gasteiger partial charge in [0.1, 0.15) is 11.2 Å². The van der Waals surface area contributed by atoms with Crippen molar-refractivity contribution in [1.29, 1.82) is 0 Å². The minimum Gasteiger partial charge on any atom is -0.460 e. The minimum absolute atomic E-state index is 0.0736. The smallest absolute Gasteiger partial charge is 0.310 e. The molecular formula is C46H62N6O8. The zero-order chi connectivity index (χ0) is 43.8. The molecule has 60 heavy (non-hydrogen) atoms. The highest BCUT2D eigenvalue weighted by Crippen LogP contribution is 2.37. The van der Waals surface area contributed by atoms with E-state index in [1.165, 1.54) is 62.8 Å². The van der Waals surface area contributed by atoms with Gasteiger partial charge in [0.05, 0.1) is 47.2 Å². The van der Waals surface area contributed by atoms with Gasteiger partial charge in [-0.1, -0.05) is 62.8 Å². The number of carbonyl (C=O) groups excluding carboxylic acids is 2. The first-order valence-corrected chi connectivity index (χ1v) is 21.3. The number of rotatable bonds is 12. The van der Waals surface area contributed by atoms with Gasteiger partial charge in [-0.2, -0.15) is 10.2 Å². The van der Waals surface area contributed by atoms with Crippen LogP contribution in [0, 0.1) is 34.1 Å². The van der Waals surface area contributed by atoms with Gasteiger partial charge in [-0.05, 0) is 92.2 Å². The Bertz CT molecular complexity index is 1960. The molecule has 0 amide bonds. The number of aromatic nitrogens is 4. The van der Waals surface area contributed by atoms with E-state index in [2.05, 4.69) is 0 Å². The summed E-state index contributed by atoms with van der Waals surface area (Å²) in [4.78, 5) is 46.1. The van der Waals surface area contributed by atoms with Gasteiger partial charge in [-0.3, -0.25) is 39.2 Å². The van der Waals surface area contributed by atoms with Crippen molar-refractivity contribution in [2.24, 2.45) is 0 Å². The van der Waals surface area contributed by atoms with Crippen LogP contribution in [0.1, 0.15) is 163 Å². The van der Waals surface area contributed by atoms with E-state index in [-0.39, 0.29) is 36.2 Å². The number of hydrogen-bond acceptors (Lipinski definition) is 10. The Balaban J connectivity index is 0.000000228. The third-order valence-corrected chi connectivity index (χ3v) is 11.1. The van der Waals surface area contributed by atoms with Gasteiger partial charge >= 0.3 is 11.9 Å². The maximum absolute atomic E-state index is 12.6. The molecule has 6 rings (SSSR count). The summed E-state index contributed by atoms with van der Waals surface area (Å²) >= 11 is 0. The lowest BCUT2D eigenvalue weighted by Gasteiger charge is -2.22. The van der Waals surface area contributed by atoms with Gasteiger partial charge in [-0.25, -0.2) is 0 Å². The first-order chi connectivity index (χ1) is 28.3. The Kier molecular flexibility index (Phi) is 15.1. The number of esters is 2. The first-order valence-electron chi connectivity index (χ1n) is 21.3. The summed E-state index contributed by atoms with van der Waals surface area (Å²) in [6.07, 6.45) is 12.0. The Morgan fingerprint density at radius 1 is 0.600 bits per heavy atom. The van der Waals surface area contributed by atoms with Crippen molar-refractivity contribution < 1.29 is 28.9 Å². The van der Waals surface area contributed by atoms with Crippen LogP contribution in [0.4, 0.5) is 11.4 Å². The highest BCUT2D eigenvalue weighted by atomic mass is 16.6. The Labute approximate surface area is 353 Å². The second-order valence-corrected chi connectivity index (χ2v) is 18.3. The minimum atomic E-state index is -0.523. The topological polar surface area (TPSA) is 175 Å². The maximum Gasteiger partial charge on any atom is 0.310 e. The number of nitro groups is 2. The quantitative estimate of drug-likeness (QED) is 0.0759. The van der Waals surface area contributed by atoms with E-state index < -0.39 is 21.0 Å². The third kappa shape index (κ3) is 12.8. The van der Waals surface area contributed by atoms with Gasteiger partial charge in [0.15, 0.2) is 0 Å². The van der Waals surface area contributed by atoms with Crippen LogP contribution in [0.3, 0.4) is 0 Å². The number of carbonyl (C=O) groups is 2. The molecule has 0 radical (unpaired) electrons. The molecule has 2 aromatic heterocycles. The molecule has 4 aromatic rings. The Hall–Kier alpha value is -5.40. The molecule has 2 aromatic carbocycles. The van der Waals surface area contributed by atoms with E-state index in [0.29, 0.717) is 24.9 Å². The molecule has 2 heterocycles. The van der Waals surface area contributed by atoms with E-state index in [1.54, 1.807) is 24.3 Å². The highest BCUT2D eigenvalue weighted by Gasteiger charge is 2.29. The molecule has 324 valence electrons. The van der Waals surface area contributed by atoms with Crippen LogP contribution in [-0.4, -0.2) is 52.5 Å². The molecule has 0 bridgehead atoms. The van der Waals surface area contributed by atoms with Crippen molar-refractivity contribution in [3.8, 4) is 0 Å². The fourth-order valence-corrected chi connectivity index (χ4v) is 8.20. The van der Waals surface area contributed by atoms with Crippen molar-refractivity contribution >= 4 is 23.3 Å². The number of nitrogens with zero attached hydrogens (tertiary/aromatic N) is 6. The molecule has 0 spiro atoms. The highest BCUT2D eigenvalue weighted by molar-refractivity contribution is 5.74. The summed E-state index contributed by atoms with van der Waals surface area (Å²) in [5.41, 5.74) is 6.86. The largest absolute Gasteiger partial charge is 0.460 e. The van der Waals surface area contributed by atoms with E-state index in [0.717, 1.165) is 70.7 Å². The fraction of sp³-hybridized carbons (Fsp3) is 0.565. The molecule has 14 nitrogen and oxygen atoms in total. The average Bonchev–Trinajstić information content (AvgIpc) is 3.65. The van der Waals surface area contributed by atoms with Crippen LogP contribution in [0.15, 0.2) is 48.5 Å². The van der Waals surface area contributed by atoms with Crippen molar-refractivity contribution in [3.63, 3.8) is 0 Å². The summed E-state index contributed by atoms with van der Waals surface area (Å²) in [6.45, 7) is 16.2. The molecule has 2 aliphatic carbocycles. The lowest BCUT2D eigenvalue weighted by atomic mass is 9.85. The van der Waals surface area contributed by atoms with Crippen LogP contribution < -0.4 is 0 Å². The van der Waals surface area contributed by atoms with E-state index in [4.69, 9.17) is 19.7 Å². The predicted octanol–water partition coefficient (Wildman–Crippen LogP) is 10.2. The molecule has 0 atom stereocenters. The third-order valence-electron chi connectivity index (χ3n) is 11.1. The molecule has 0 unspecified atom stereocenters. The summed E-state index contributed by atoms with van der Waals surface area (Å²) in [7, 11) is 0. The van der Waals surface area contributed by atoms with Crippen LogP contribution in [0.2, 0.25) is 0 Å². The lowest BCUT2D eigenvalue weighted by Crippen LogP contribution is -2.25. The van der Waals surface area contributed by atoms with Crippen molar-refractivity contribution in [2.75, 3.05) is 0 Å². The SMILES string of the molecule is Cc1c(CC(=O)OC(C)(C)C)c(C2CCCCC2)nn1Cc1ccc([N+](=O)[O-])cc1.Cc1c(CC(=O)OC(C)(C)C)c(C2CCCCC2)nn1Cc1ccc([N+](=O)[O-])cc1.